The van der Waals surface area contributed by atoms with Gasteiger partial charge in [-0.3, -0.25) is 0 Å². The van der Waals surface area contributed by atoms with E-state index in [9.17, 15) is 20.2 Å². The van der Waals surface area contributed by atoms with Crippen molar-refractivity contribution in [3.8, 4) is 0 Å². The van der Waals surface area contributed by atoms with Crippen molar-refractivity contribution in [3.63, 3.8) is 0 Å². The zero-order valence-electron chi connectivity index (χ0n) is 8.74. The van der Waals surface area contributed by atoms with Crippen LogP contribution >= 0.6 is 0 Å². The Balaban J connectivity index is 0. The number of ether oxygens (including phenoxy) is 1. The Morgan fingerprint density at radius 2 is 1.67 bits per heavy atom. The summed E-state index contributed by atoms with van der Waals surface area (Å²) >= 11 is 0. The molecule has 0 aliphatic carbocycles. The fraction of sp³-hybridized carbons (Fsp3) is 1.00. The number of hydrogen-bond acceptors (Lipinski definition) is 7. The second-order valence-electron chi connectivity index (χ2n) is 1.93. The Bertz CT molecular complexity index is 186. The Morgan fingerprint density at radius 1 is 1.13 bits per heavy atom. The van der Waals surface area contributed by atoms with E-state index in [0.29, 0.717) is 0 Å². The SMILES string of the molecule is CC.COCC(CO[N+](=O)[O-])O[N+](=O)[O-]. The van der Waals surface area contributed by atoms with Gasteiger partial charge in [-0.2, -0.15) is 0 Å². The standard InChI is InChI=1S/C4H8N2O7.C2H6/c1-11-2-4(13-6(9)10)3-12-5(7)8;1-2/h4H,2-3H2,1H3;1-2H3. The van der Waals surface area contributed by atoms with E-state index >= 15 is 0 Å². The van der Waals surface area contributed by atoms with E-state index in [1.807, 2.05) is 13.8 Å². The first-order valence-electron chi connectivity index (χ1n) is 4.13. The van der Waals surface area contributed by atoms with Crippen molar-refractivity contribution in [3.05, 3.63) is 20.2 Å². The van der Waals surface area contributed by atoms with Gasteiger partial charge < -0.3 is 14.4 Å². The minimum absolute atomic E-state index is 0.158. The van der Waals surface area contributed by atoms with Crippen LogP contribution in [0.5, 0.6) is 0 Å². The molecule has 0 bridgehead atoms. The van der Waals surface area contributed by atoms with Gasteiger partial charge in [0, 0.05) is 7.11 Å². The minimum atomic E-state index is -1.09. The molecule has 0 aliphatic heterocycles. The van der Waals surface area contributed by atoms with Gasteiger partial charge in [-0.1, -0.05) is 13.8 Å². The van der Waals surface area contributed by atoms with Crippen molar-refractivity contribution in [1.82, 2.24) is 0 Å². The maximum absolute atomic E-state index is 9.83. The molecule has 0 aromatic rings. The lowest BCUT2D eigenvalue weighted by atomic mass is 10.4. The zero-order chi connectivity index (χ0) is 12.3. The highest BCUT2D eigenvalue weighted by Gasteiger charge is 2.14. The molecular formula is C6H14N2O7. The summed E-state index contributed by atoms with van der Waals surface area (Å²) in [6.45, 7) is 3.30. The van der Waals surface area contributed by atoms with Gasteiger partial charge in [0.05, 0.1) is 6.61 Å². The van der Waals surface area contributed by atoms with Crippen LogP contribution in [0.25, 0.3) is 0 Å². The Labute approximate surface area is 86.1 Å². The first-order valence-corrected chi connectivity index (χ1v) is 4.13. The molecule has 9 heteroatoms. The van der Waals surface area contributed by atoms with E-state index < -0.39 is 22.9 Å². The van der Waals surface area contributed by atoms with Crippen molar-refractivity contribution in [2.75, 3.05) is 20.3 Å². The van der Waals surface area contributed by atoms with E-state index in [4.69, 9.17) is 0 Å². The van der Waals surface area contributed by atoms with Crippen LogP contribution in [0.1, 0.15) is 13.8 Å². The second kappa shape index (κ2) is 10.4. The topological polar surface area (TPSA) is 114 Å². The lowest BCUT2D eigenvalue weighted by Crippen LogP contribution is -2.28. The van der Waals surface area contributed by atoms with Gasteiger partial charge >= 0.3 is 0 Å². The summed E-state index contributed by atoms with van der Waals surface area (Å²) in [5.41, 5.74) is 0. The predicted molar refractivity (Wildman–Crippen MR) is 48.0 cm³/mol. The van der Waals surface area contributed by atoms with Gasteiger partial charge in [0.2, 0.25) is 0 Å². The summed E-state index contributed by atoms with van der Waals surface area (Å²) in [5, 5.41) is 17.4. The maximum Gasteiger partial charge on any atom is 0.294 e. The van der Waals surface area contributed by atoms with Crippen LogP contribution in [0.3, 0.4) is 0 Å². The maximum atomic E-state index is 9.83. The molecule has 1 unspecified atom stereocenters. The van der Waals surface area contributed by atoms with Crippen LogP contribution in [0.15, 0.2) is 0 Å². The summed E-state index contributed by atoms with van der Waals surface area (Å²) in [7, 11) is 1.28. The Kier molecular flexibility index (Phi) is 11.0. The molecule has 0 saturated heterocycles. The van der Waals surface area contributed by atoms with E-state index in [0.717, 1.165) is 0 Å². The highest BCUT2D eigenvalue weighted by atomic mass is 17.0. The average molecular weight is 226 g/mol. The molecule has 0 fully saturated rings. The van der Waals surface area contributed by atoms with Crippen LogP contribution in [-0.4, -0.2) is 36.6 Å². The molecule has 1 atom stereocenters. The van der Waals surface area contributed by atoms with E-state index in [2.05, 4.69) is 14.4 Å². The molecular weight excluding hydrogens is 212 g/mol. The lowest BCUT2D eigenvalue weighted by molar-refractivity contribution is -0.790. The molecule has 0 saturated carbocycles. The van der Waals surface area contributed by atoms with Crippen LogP contribution in [-0.2, 0) is 14.4 Å². The lowest BCUT2D eigenvalue weighted by Gasteiger charge is -2.11. The van der Waals surface area contributed by atoms with Crippen LogP contribution in [0.2, 0.25) is 0 Å². The quantitative estimate of drug-likeness (QED) is 0.457. The van der Waals surface area contributed by atoms with Crippen molar-refractivity contribution < 1.29 is 24.6 Å². The van der Waals surface area contributed by atoms with Gasteiger partial charge in [-0.05, 0) is 0 Å². The smallest absolute Gasteiger partial charge is 0.294 e. The second-order valence-corrected chi connectivity index (χ2v) is 1.93. The van der Waals surface area contributed by atoms with Gasteiger partial charge in [0.15, 0.2) is 6.10 Å². The van der Waals surface area contributed by atoms with Crippen molar-refractivity contribution >= 4 is 0 Å². The van der Waals surface area contributed by atoms with Crippen LogP contribution in [0.4, 0.5) is 0 Å². The number of rotatable bonds is 7. The first kappa shape index (κ1) is 15.8. The summed E-state index contributed by atoms with van der Waals surface area (Å²) in [5.74, 6) is 0. The third-order valence-corrected chi connectivity index (χ3v) is 0.954. The number of methoxy groups -OCH3 is 1. The molecule has 0 N–H and O–H groups in total. The molecule has 9 nitrogen and oxygen atoms in total. The zero-order valence-corrected chi connectivity index (χ0v) is 8.74. The van der Waals surface area contributed by atoms with Gasteiger partial charge in [-0.15, -0.1) is 20.2 Å². The first-order chi connectivity index (χ1) is 7.06. The normalized spacial score (nSPS) is 10.6. The third-order valence-electron chi connectivity index (χ3n) is 0.954. The molecule has 0 radical (unpaired) electrons. The van der Waals surface area contributed by atoms with Crippen molar-refractivity contribution in [1.29, 1.82) is 0 Å². The molecule has 0 amide bonds. The van der Waals surface area contributed by atoms with E-state index in [-0.39, 0.29) is 6.61 Å². The monoisotopic (exact) mass is 226 g/mol. The molecule has 0 heterocycles. The van der Waals surface area contributed by atoms with Crippen LogP contribution in [0, 0.1) is 20.2 Å². The Hall–Kier alpha value is -1.64. The minimum Gasteiger partial charge on any atom is -0.382 e. The molecule has 0 aliphatic rings. The average Bonchev–Trinajstić information content (AvgIpc) is 2.17. The fourth-order valence-corrected chi connectivity index (χ4v) is 0.561. The molecule has 0 rings (SSSR count). The van der Waals surface area contributed by atoms with Gasteiger partial charge in [0.25, 0.3) is 10.2 Å². The van der Waals surface area contributed by atoms with Gasteiger partial charge in [0.1, 0.15) is 6.61 Å². The van der Waals surface area contributed by atoms with Crippen molar-refractivity contribution in [2.24, 2.45) is 0 Å². The largest absolute Gasteiger partial charge is 0.382 e. The van der Waals surface area contributed by atoms with Gasteiger partial charge in [-0.25, -0.2) is 0 Å². The van der Waals surface area contributed by atoms with Crippen LogP contribution < -0.4 is 0 Å². The number of nitrogens with zero attached hydrogens (tertiary/aromatic N) is 2. The highest BCUT2D eigenvalue weighted by molar-refractivity contribution is 4.49. The molecule has 15 heavy (non-hydrogen) atoms. The van der Waals surface area contributed by atoms with E-state index in [1.165, 1.54) is 7.11 Å². The van der Waals surface area contributed by atoms with Crippen molar-refractivity contribution in [2.45, 2.75) is 20.0 Å². The summed E-state index contributed by atoms with van der Waals surface area (Å²) in [4.78, 5) is 27.4. The molecule has 0 aromatic carbocycles. The summed E-state index contributed by atoms with van der Waals surface area (Å²) in [6.07, 6.45) is -1.09. The summed E-state index contributed by atoms with van der Waals surface area (Å²) in [6, 6.07) is 0. The molecule has 0 aromatic heterocycles. The Morgan fingerprint density at radius 3 is 2.00 bits per heavy atom. The summed E-state index contributed by atoms with van der Waals surface area (Å²) < 4.78 is 4.51. The fourth-order valence-electron chi connectivity index (χ4n) is 0.561. The molecule has 0 spiro atoms. The predicted octanol–water partition coefficient (Wildman–Crippen LogP) is 0.444. The molecule has 90 valence electrons. The van der Waals surface area contributed by atoms with E-state index in [1.54, 1.807) is 0 Å². The third kappa shape index (κ3) is 12.4. The highest BCUT2D eigenvalue weighted by Crippen LogP contribution is 1.94. The number of hydrogen-bond donors (Lipinski definition) is 0.